The van der Waals surface area contributed by atoms with Crippen LogP contribution in [0, 0.1) is 5.41 Å². The second kappa shape index (κ2) is 47.7. The van der Waals surface area contributed by atoms with Gasteiger partial charge in [0.1, 0.15) is 50.8 Å². The molecule has 0 N–H and O–H groups in total. The fraction of sp³-hybridized carbons (Fsp3) is 0.938. The SMILES string of the molecule is CCCCCCCCCCCCC(C)(S)C(=O)OCC(COC(=O)C(C)(S)CCCCCCCCCCCC)(COC(=O)C(C)(S)CCCCCCCCCCCC)COC(=O)C(C)(S)CCCCCCCCCCCC. The van der Waals surface area contributed by atoms with Crippen LogP contribution in [0.2, 0.25) is 0 Å². The fourth-order valence-electron chi connectivity index (χ4n) is 9.98. The molecule has 0 aromatic heterocycles. The molecule has 0 fully saturated rings. The first kappa shape index (κ1) is 76.3. The van der Waals surface area contributed by atoms with E-state index in [2.05, 4.69) is 27.7 Å². The summed E-state index contributed by atoms with van der Waals surface area (Å²) >= 11 is 19.4. The van der Waals surface area contributed by atoms with Gasteiger partial charge >= 0.3 is 23.9 Å². The summed E-state index contributed by atoms with van der Waals surface area (Å²) in [6.07, 6.45) is 49.1. The Morgan fingerprint density at radius 2 is 0.377 bits per heavy atom. The predicted octanol–water partition coefficient (Wildman–Crippen LogP) is 20.1. The Balaban J connectivity index is 6.33. The van der Waals surface area contributed by atoms with Gasteiger partial charge in [-0.2, -0.15) is 50.5 Å². The van der Waals surface area contributed by atoms with Crippen molar-refractivity contribution in [3.8, 4) is 0 Å². The van der Waals surface area contributed by atoms with E-state index in [0.29, 0.717) is 25.7 Å². The largest absolute Gasteiger partial charge is 0.464 e. The Hall–Kier alpha value is -0.720. The fourth-order valence-corrected chi connectivity index (χ4v) is 10.9. The van der Waals surface area contributed by atoms with Crippen LogP contribution in [0.3, 0.4) is 0 Å². The molecule has 0 rings (SSSR count). The molecule has 12 heteroatoms. The van der Waals surface area contributed by atoms with Crippen LogP contribution in [-0.4, -0.2) is 69.3 Å². The first-order valence-corrected chi connectivity index (χ1v) is 34.1. The lowest BCUT2D eigenvalue weighted by Crippen LogP contribution is -2.48. The Morgan fingerprint density at radius 3 is 0.519 bits per heavy atom. The minimum Gasteiger partial charge on any atom is -0.464 e. The summed E-state index contributed by atoms with van der Waals surface area (Å²) in [5.41, 5.74) is -1.46. The maximum Gasteiger partial charge on any atom is 0.321 e. The van der Waals surface area contributed by atoms with E-state index >= 15 is 0 Å². The molecule has 0 aromatic rings. The molecule has 0 amide bonds. The second-order valence-corrected chi connectivity index (χ2v) is 28.6. The van der Waals surface area contributed by atoms with Gasteiger partial charge in [0.15, 0.2) is 0 Å². The van der Waals surface area contributed by atoms with Crippen molar-refractivity contribution in [2.75, 3.05) is 26.4 Å². The molecule has 0 saturated heterocycles. The van der Waals surface area contributed by atoms with Gasteiger partial charge in [-0.25, -0.2) is 0 Å². The number of thiol groups is 4. The lowest BCUT2D eigenvalue weighted by atomic mass is 9.91. The summed E-state index contributed by atoms with van der Waals surface area (Å²) in [6, 6.07) is 0. The highest BCUT2D eigenvalue weighted by Gasteiger charge is 2.44. The van der Waals surface area contributed by atoms with Gasteiger partial charge in [0.05, 0.1) is 0 Å². The number of esters is 4. The van der Waals surface area contributed by atoms with E-state index < -0.39 is 48.3 Å². The quantitative estimate of drug-likeness (QED) is 0.0207. The average molecular weight is 1160 g/mol. The molecular weight excluding hydrogens is 1040 g/mol. The van der Waals surface area contributed by atoms with E-state index in [4.69, 9.17) is 69.5 Å². The zero-order valence-electron chi connectivity index (χ0n) is 51.5. The molecule has 0 aliphatic heterocycles. The molecule has 0 aliphatic carbocycles. The maximum absolute atomic E-state index is 14.1. The Labute approximate surface area is 498 Å². The molecule has 0 saturated carbocycles. The summed E-state index contributed by atoms with van der Waals surface area (Å²) in [5.74, 6) is -2.15. The number of carbonyl (C=O) groups excluding carboxylic acids is 4. The van der Waals surface area contributed by atoms with Crippen molar-refractivity contribution in [3.63, 3.8) is 0 Å². The van der Waals surface area contributed by atoms with Gasteiger partial charge in [0.25, 0.3) is 0 Å². The van der Waals surface area contributed by atoms with E-state index in [1.54, 1.807) is 27.7 Å². The van der Waals surface area contributed by atoms with Crippen LogP contribution in [0.5, 0.6) is 0 Å². The van der Waals surface area contributed by atoms with Crippen molar-refractivity contribution in [1.82, 2.24) is 0 Å². The highest BCUT2D eigenvalue weighted by atomic mass is 32.1. The van der Waals surface area contributed by atoms with Gasteiger partial charge in [-0.05, 0) is 53.4 Å². The first-order chi connectivity index (χ1) is 36.8. The molecule has 0 radical (unpaired) electrons. The third kappa shape index (κ3) is 41.0. The normalized spacial score (nSPS) is 15.6. The highest BCUT2D eigenvalue weighted by Crippen LogP contribution is 2.33. The monoisotopic (exact) mass is 1160 g/mol. The summed E-state index contributed by atoms with van der Waals surface area (Å²) in [5, 5.41) is 0. The Morgan fingerprint density at radius 1 is 0.247 bits per heavy atom. The van der Waals surface area contributed by atoms with E-state index in [1.807, 2.05) is 0 Å². The molecule has 4 unspecified atom stereocenters. The number of ether oxygens (including phenoxy) is 4. The zero-order chi connectivity index (χ0) is 57.6. The van der Waals surface area contributed by atoms with Crippen LogP contribution in [0.4, 0.5) is 0 Å². The van der Waals surface area contributed by atoms with Crippen LogP contribution >= 0.6 is 50.5 Å². The number of rotatable bonds is 56. The maximum atomic E-state index is 14.1. The average Bonchev–Trinajstić information content (AvgIpc) is 3.39. The number of hydrogen-bond donors (Lipinski definition) is 4. The van der Waals surface area contributed by atoms with Crippen LogP contribution in [0.25, 0.3) is 0 Å². The van der Waals surface area contributed by atoms with E-state index in [0.717, 1.165) is 77.0 Å². The van der Waals surface area contributed by atoms with Crippen molar-refractivity contribution in [1.29, 1.82) is 0 Å². The summed E-state index contributed by atoms with van der Waals surface area (Å²) in [4.78, 5) is 56.2. The van der Waals surface area contributed by atoms with E-state index in [-0.39, 0.29) is 26.4 Å². The second-order valence-electron chi connectivity index (χ2n) is 24.6. The van der Waals surface area contributed by atoms with Crippen molar-refractivity contribution < 1.29 is 38.1 Å². The van der Waals surface area contributed by atoms with Crippen LogP contribution in [0.15, 0.2) is 0 Å². The third-order valence-electron chi connectivity index (χ3n) is 15.9. The molecule has 0 heterocycles. The van der Waals surface area contributed by atoms with Crippen molar-refractivity contribution >= 4 is 74.4 Å². The predicted molar refractivity (Wildman–Crippen MR) is 342 cm³/mol. The number of carbonyl (C=O) groups is 4. The molecule has 8 nitrogen and oxygen atoms in total. The standard InChI is InChI=1S/C65H124O8S4/c1-9-13-17-21-25-29-33-37-41-45-49-61(5,74)57(66)70-53-65(54-71-58(67)62(6,75)50-46-42-38-34-30-26-22-18-14-10-2,55-72-59(68)63(7,76)51-47-43-39-35-31-27-23-19-15-11-3)56-73-60(69)64(8,77)52-48-44-40-36-32-28-24-20-16-12-4/h74-77H,9-56H2,1-8H3. The van der Waals surface area contributed by atoms with Crippen molar-refractivity contribution in [2.45, 2.75) is 357 Å². The van der Waals surface area contributed by atoms with Crippen LogP contribution < -0.4 is 0 Å². The molecular formula is C65H124O8S4. The van der Waals surface area contributed by atoms with Gasteiger partial charge in [-0.1, -0.05) is 285 Å². The molecule has 0 bridgehead atoms. The van der Waals surface area contributed by atoms with Gasteiger partial charge in [-0.3, -0.25) is 19.2 Å². The minimum absolute atomic E-state index is 0.348. The van der Waals surface area contributed by atoms with Crippen molar-refractivity contribution in [3.05, 3.63) is 0 Å². The van der Waals surface area contributed by atoms with Gasteiger partial charge in [0.2, 0.25) is 0 Å². The Kier molecular flexibility index (Phi) is 47.3. The minimum atomic E-state index is -1.46. The van der Waals surface area contributed by atoms with Crippen LogP contribution in [0.1, 0.15) is 338 Å². The molecule has 456 valence electrons. The molecule has 4 atom stereocenters. The smallest absolute Gasteiger partial charge is 0.321 e. The topological polar surface area (TPSA) is 105 Å². The third-order valence-corrected chi connectivity index (χ3v) is 17.5. The van der Waals surface area contributed by atoms with Gasteiger partial charge < -0.3 is 18.9 Å². The molecule has 0 aromatic carbocycles. The summed E-state index contributed by atoms with van der Waals surface area (Å²) < 4.78 is 20.1. The highest BCUT2D eigenvalue weighted by molar-refractivity contribution is 7.83. The van der Waals surface area contributed by atoms with Crippen LogP contribution in [-0.2, 0) is 38.1 Å². The molecule has 0 aliphatic rings. The Bertz CT molecular complexity index is 1240. The van der Waals surface area contributed by atoms with E-state index in [9.17, 15) is 19.2 Å². The first-order valence-electron chi connectivity index (χ1n) is 32.3. The van der Waals surface area contributed by atoms with Gasteiger partial charge in [0, 0.05) is 0 Å². The summed E-state index contributed by atoms with van der Waals surface area (Å²) in [6.45, 7) is 14.7. The lowest BCUT2D eigenvalue weighted by Gasteiger charge is -2.35. The van der Waals surface area contributed by atoms with E-state index in [1.165, 1.54) is 180 Å². The molecule has 0 spiro atoms. The number of hydrogen-bond acceptors (Lipinski definition) is 12. The summed E-state index contributed by atoms with van der Waals surface area (Å²) in [7, 11) is 0. The lowest BCUT2D eigenvalue weighted by molar-refractivity contribution is -0.173. The molecule has 77 heavy (non-hydrogen) atoms. The van der Waals surface area contributed by atoms with Crippen molar-refractivity contribution in [2.24, 2.45) is 5.41 Å². The number of unbranched alkanes of at least 4 members (excludes halogenated alkanes) is 36. The van der Waals surface area contributed by atoms with Gasteiger partial charge in [-0.15, -0.1) is 0 Å². The zero-order valence-corrected chi connectivity index (χ0v) is 55.1.